The van der Waals surface area contributed by atoms with Crippen LogP contribution in [-0.2, 0) is 0 Å². The van der Waals surface area contributed by atoms with E-state index < -0.39 is 0 Å². The van der Waals surface area contributed by atoms with Gasteiger partial charge < -0.3 is 0 Å². The topological polar surface area (TPSA) is 0 Å². The number of hydrogen-bond donors (Lipinski definition) is 0. The highest BCUT2D eigenvalue weighted by atomic mass is 35.5. The van der Waals surface area contributed by atoms with Gasteiger partial charge in [0.2, 0.25) is 0 Å². The van der Waals surface area contributed by atoms with Gasteiger partial charge in [-0.1, -0.05) is 49.8 Å². The van der Waals surface area contributed by atoms with Crippen molar-refractivity contribution < 1.29 is 0 Å². The number of halogens is 1. The summed E-state index contributed by atoms with van der Waals surface area (Å²) in [6.07, 6.45) is 5.97. The van der Waals surface area contributed by atoms with E-state index in [-0.39, 0.29) is 0 Å². The van der Waals surface area contributed by atoms with Gasteiger partial charge in [-0.05, 0) is 30.4 Å². The Bertz CT molecular complexity index is 277. The minimum absolute atomic E-state index is 0.791. The lowest BCUT2D eigenvalue weighted by molar-refractivity contribution is 0.681. The van der Waals surface area contributed by atoms with Gasteiger partial charge >= 0.3 is 0 Å². The first-order valence-corrected chi connectivity index (χ1v) is 6.17. The van der Waals surface area contributed by atoms with Crippen LogP contribution in [0.2, 0.25) is 0 Å². The molecule has 0 fully saturated rings. The third-order valence-electron chi connectivity index (χ3n) is 2.54. The fourth-order valence-electron chi connectivity index (χ4n) is 1.60. The third-order valence-corrected chi connectivity index (χ3v) is 2.81. The average Bonchev–Trinajstić information content (AvgIpc) is 2.30. The van der Waals surface area contributed by atoms with Crippen molar-refractivity contribution in [1.82, 2.24) is 0 Å². The predicted molar refractivity (Wildman–Crippen MR) is 69.3 cm³/mol. The lowest BCUT2D eigenvalue weighted by Crippen LogP contribution is -1.84. The zero-order valence-corrected chi connectivity index (χ0v) is 9.97. The molecule has 1 rings (SSSR count). The molecule has 0 saturated carbocycles. The van der Waals surface area contributed by atoms with E-state index in [4.69, 9.17) is 11.6 Å². The molecule has 0 aromatic heterocycles. The quantitative estimate of drug-likeness (QED) is 0.455. The second-order valence-corrected chi connectivity index (χ2v) is 4.20. The first-order valence-electron chi connectivity index (χ1n) is 5.64. The fraction of sp³-hybridized carbons (Fsp3) is 0.429. The molecule has 0 bridgehead atoms. The maximum Gasteiger partial charge on any atom is 0.0223 e. The molecule has 0 nitrogen and oxygen atoms in total. The lowest BCUT2D eigenvalue weighted by atomic mass is 10.0. The summed E-state index contributed by atoms with van der Waals surface area (Å²) in [6.45, 7) is 4.12. The average molecular weight is 223 g/mol. The van der Waals surface area contributed by atoms with E-state index in [2.05, 4.69) is 30.8 Å². The molecule has 0 unspecified atom stereocenters. The Kier molecular flexibility index (Phi) is 6.18. The van der Waals surface area contributed by atoms with Gasteiger partial charge in [0.05, 0.1) is 0 Å². The largest absolute Gasteiger partial charge is 0.127 e. The van der Waals surface area contributed by atoms with Gasteiger partial charge in [-0.25, -0.2) is 0 Å². The molecule has 0 amide bonds. The van der Waals surface area contributed by atoms with Crippen LogP contribution in [0.1, 0.15) is 37.7 Å². The van der Waals surface area contributed by atoms with E-state index in [0.717, 1.165) is 18.7 Å². The highest BCUT2D eigenvalue weighted by Gasteiger charge is 1.97. The van der Waals surface area contributed by atoms with Gasteiger partial charge in [-0.3, -0.25) is 0 Å². The SMILES string of the molecule is C=C(CCCCCCCl)c1ccccc1. The van der Waals surface area contributed by atoms with Gasteiger partial charge in [0.15, 0.2) is 0 Å². The van der Waals surface area contributed by atoms with Crippen LogP contribution in [0.25, 0.3) is 5.57 Å². The standard InChI is InChI=1S/C14H19Cl/c1-13(9-5-2-3-8-12-15)14-10-6-4-7-11-14/h4,6-7,10-11H,1-3,5,8-9,12H2. The van der Waals surface area contributed by atoms with Crippen molar-refractivity contribution in [2.24, 2.45) is 0 Å². The molecule has 1 aromatic carbocycles. The Labute approximate surface area is 98.0 Å². The molecule has 0 heterocycles. The minimum atomic E-state index is 0.791. The summed E-state index contributed by atoms with van der Waals surface area (Å²) in [5, 5.41) is 0. The molecule has 0 spiro atoms. The first kappa shape index (κ1) is 12.3. The van der Waals surface area contributed by atoms with Crippen molar-refractivity contribution in [1.29, 1.82) is 0 Å². The molecule has 1 heteroatoms. The number of rotatable bonds is 7. The highest BCUT2D eigenvalue weighted by molar-refractivity contribution is 6.17. The van der Waals surface area contributed by atoms with Crippen molar-refractivity contribution in [3.8, 4) is 0 Å². The molecule has 0 saturated heterocycles. The predicted octanol–water partition coefficient (Wildman–Crippen LogP) is 4.89. The molecule has 0 N–H and O–H groups in total. The van der Waals surface area contributed by atoms with Gasteiger partial charge in [0.1, 0.15) is 0 Å². The third kappa shape index (κ3) is 5.03. The Hall–Kier alpha value is -0.750. The van der Waals surface area contributed by atoms with Crippen molar-refractivity contribution in [2.45, 2.75) is 32.1 Å². The maximum absolute atomic E-state index is 5.62. The van der Waals surface area contributed by atoms with Crippen LogP contribution in [0.4, 0.5) is 0 Å². The van der Waals surface area contributed by atoms with Crippen LogP contribution in [0.3, 0.4) is 0 Å². The molecular formula is C14H19Cl. The van der Waals surface area contributed by atoms with Crippen LogP contribution in [0, 0.1) is 0 Å². The van der Waals surface area contributed by atoms with E-state index in [1.807, 2.05) is 6.07 Å². The normalized spacial score (nSPS) is 10.2. The highest BCUT2D eigenvalue weighted by Crippen LogP contribution is 2.18. The second-order valence-electron chi connectivity index (χ2n) is 3.82. The van der Waals surface area contributed by atoms with Crippen molar-refractivity contribution in [3.05, 3.63) is 42.5 Å². The van der Waals surface area contributed by atoms with Crippen molar-refractivity contribution >= 4 is 17.2 Å². The monoisotopic (exact) mass is 222 g/mol. The van der Waals surface area contributed by atoms with Crippen molar-refractivity contribution in [3.63, 3.8) is 0 Å². The number of benzene rings is 1. The summed E-state index contributed by atoms with van der Waals surface area (Å²) in [5.41, 5.74) is 2.52. The van der Waals surface area contributed by atoms with Crippen LogP contribution < -0.4 is 0 Å². The van der Waals surface area contributed by atoms with E-state index in [1.54, 1.807) is 0 Å². The molecule has 1 aromatic rings. The summed E-state index contributed by atoms with van der Waals surface area (Å²) >= 11 is 5.62. The van der Waals surface area contributed by atoms with Crippen LogP contribution in [0.5, 0.6) is 0 Å². The summed E-state index contributed by atoms with van der Waals surface area (Å²) < 4.78 is 0. The zero-order chi connectivity index (χ0) is 10.9. The van der Waals surface area contributed by atoms with Crippen LogP contribution >= 0.6 is 11.6 Å². The molecule has 0 aliphatic carbocycles. The van der Waals surface area contributed by atoms with E-state index in [1.165, 1.54) is 30.4 Å². The number of allylic oxidation sites excluding steroid dienone is 1. The lowest BCUT2D eigenvalue weighted by Gasteiger charge is -2.05. The molecular weight excluding hydrogens is 204 g/mol. The molecule has 0 aliphatic heterocycles. The molecule has 0 radical (unpaired) electrons. The fourth-order valence-corrected chi connectivity index (χ4v) is 1.79. The number of alkyl halides is 1. The van der Waals surface area contributed by atoms with Gasteiger partial charge in [0.25, 0.3) is 0 Å². The molecule has 15 heavy (non-hydrogen) atoms. The first-order chi connectivity index (χ1) is 7.34. The summed E-state index contributed by atoms with van der Waals surface area (Å²) in [5.74, 6) is 0.791. The Morgan fingerprint density at radius 2 is 1.67 bits per heavy atom. The van der Waals surface area contributed by atoms with Crippen molar-refractivity contribution in [2.75, 3.05) is 5.88 Å². The van der Waals surface area contributed by atoms with Gasteiger partial charge in [0, 0.05) is 5.88 Å². The van der Waals surface area contributed by atoms with Gasteiger partial charge in [-0.2, -0.15) is 0 Å². The smallest absolute Gasteiger partial charge is 0.0223 e. The summed E-state index contributed by atoms with van der Waals surface area (Å²) in [4.78, 5) is 0. The Balaban J connectivity index is 2.20. The number of hydrogen-bond acceptors (Lipinski definition) is 0. The van der Waals surface area contributed by atoms with Crippen LogP contribution in [0.15, 0.2) is 36.9 Å². The maximum atomic E-state index is 5.62. The van der Waals surface area contributed by atoms with Crippen LogP contribution in [-0.4, -0.2) is 5.88 Å². The molecule has 82 valence electrons. The van der Waals surface area contributed by atoms with E-state index in [9.17, 15) is 0 Å². The Morgan fingerprint density at radius 3 is 2.33 bits per heavy atom. The minimum Gasteiger partial charge on any atom is -0.127 e. The molecule has 0 aliphatic rings. The zero-order valence-electron chi connectivity index (χ0n) is 9.21. The van der Waals surface area contributed by atoms with Gasteiger partial charge in [-0.15, -0.1) is 11.6 Å². The summed E-state index contributed by atoms with van der Waals surface area (Å²) in [7, 11) is 0. The second kappa shape index (κ2) is 7.53. The Morgan fingerprint density at radius 1 is 1.00 bits per heavy atom. The van der Waals surface area contributed by atoms with E-state index >= 15 is 0 Å². The number of unbranched alkanes of at least 4 members (excludes halogenated alkanes) is 3. The van der Waals surface area contributed by atoms with E-state index in [0.29, 0.717) is 0 Å². The molecule has 0 atom stereocenters. The summed E-state index contributed by atoms with van der Waals surface area (Å²) in [6, 6.07) is 10.4.